The molecule has 0 fully saturated rings. The standard InChI is InChI=1S/2C5H5.CH3ClSi.Zr/c2*1-2-4-5-3-1;2-1-3;/h2*1-3H,4H2;3H,1H2;/q2*-1;;+2. The summed E-state index contributed by atoms with van der Waals surface area (Å²) in [6, 6.07) is 0. The first-order valence-electron chi connectivity index (χ1n) is 4.40. The molecule has 72 valence electrons. The molecule has 0 N–H and O–H groups in total. The van der Waals surface area contributed by atoms with Crippen LogP contribution >= 0.6 is 11.6 Å². The zero-order valence-electron chi connectivity index (χ0n) is 8.04. The Bertz CT molecular complexity index is 200. The normalized spacial score (nSPS) is 14.5. The Morgan fingerprint density at radius 1 is 1.14 bits per heavy atom. The average Bonchev–Trinajstić information content (AvgIpc) is 2.94. The van der Waals surface area contributed by atoms with Gasteiger partial charge < -0.3 is 0 Å². The van der Waals surface area contributed by atoms with E-state index in [2.05, 4.69) is 24.3 Å². The maximum atomic E-state index is 5.25. The Morgan fingerprint density at radius 3 is 1.64 bits per heavy atom. The molecule has 0 spiro atoms. The molecular weight excluding hydrogens is 287 g/mol. The van der Waals surface area contributed by atoms with Gasteiger partial charge in [0.15, 0.2) is 0 Å². The molecule has 2 aliphatic carbocycles. The van der Waals surface area contributed by atoms with Gasteiger partial charge in [0.2, 0.25) is 0 Å². The maximum Gasteiger partial charge on any atom is -0.109 e. The fourth-order valence-electron chi connectivity index (χ4n) is 0.680. The van der Waals surface area contributed by atoms with E-state index in [9.17, 15) is 0 Å². The van der Waals surface area contributed by atoms with Gasteiger partial charge in [-0.1, -0.05) is 0 Å². The molecule has 0 heterocycles. The minimum absolute atomic E-state index is 0.638. The molecular formula is C11H13ClSiZr. The summed E-state index contributed by atoms with van der Waals surface area (Å²) in [7, 11) is 0. The van der Waals surface area contributed by atoms with E-state index in [1.54, 1.807) is 23.3 Å². The number of allylic oxidation sites excluding steroid dienone is 8. The number of halogens is 1. The molecule has 0 atom stereocenters. The molecule has 3 heteroatoms. The summed E-state index contributed by atoms with van der Waals surface area (Å²) >= 11 is 6.86. The summed E-state index contributed by atoms with van der Waals surface area (Å²) in [5, 5.41) is 0. The molecule has 0 bridgehead atoms. The van der Waals surface area contributed by atoms with E-state index in [-0.39, 0.29) is 0 Å². The van der Waals surface area contributed by atoms with Gasteiger partial charge in [0, 0.05) is 0 Å². The Kier molecular flexibility index (Phi) is 13.7. The third-order valence-corrected chi connectivity index (χ3v) is 5.28. The zero-order chi connectivity index (χ0) is 10.5. The minimum atomic E-state index is 0.638. The van der Waals surface area contributed by atoms with E-state index in [4.69, 9.17) is 11.6 Å². The Labute approximate surface area is 107 Å². The van der Waals surface area contributed by atoms with Crippen molar-refractivity contribution < 1.29 is 23.3 Å². The third kappa shape index (κ3) is 12.3. The second kappa shape index (κ2) is 13.4. The van der Waals surface area contributed by atoms with Gasteiger partial charge >= 0.3 is 46.6 Å². The fourth-order valence-corrected chi connectivity index (χ4v) is 0.680. The predicted octanol–water partition coefficient (Wildman–Crippen LogP) is 2.69. The van der Waals surface area contributed by atoms with Crippen molar-refractivity contribution in [3.63, 3.8) is 0 Å². The molecule has 0 aromatic heterocycles. The van der Waals surface area contributed by atoms with Crippen molar-refractivity contribution in [3.05, 3.63) is 48.6 Å². The van der Waals surface area contributed by atoms with Crippen LogP contribution in [-0.4, -0.2) is 11.7 Å². The molecule has 0 saturated heterocycles. The summed E-state index contributed by atoms with van der Waals surface area (Å²) in [5.41, 5.74) is 0.915. The van der Waals surface area contributed by atoms with Gasteiger partial charge in [0.1, 0.15) is 0 Å². The third-order valence-electron chi connectivity index (χ3n) is 1.25. The van der Waals surface area contributed by atoms with Crippen molar-refractivity contribution in [2.45, 2.75) is 12.8 Å². The van der Waals surface area contributed by atoms with Crippen LogP contribution in [0.3, 0.4) is 0 Å². The first kappa shape index (κ1) is 14.3. The van der Waals surface area contributed by atoms with Gasteiger partial charge in [0.05, 0.1) is 0 Å². The molecule has 0 radical (unpaired) electrons. The topological polar surface area (TPSA) is 0 Å². The largest absolute Gasteiger partial charge is 0.273 e. The van der Waals surface area contributed by atoms with Crippen LogP contribution in [0.15, 0.2) is 36.5 Å². The predicted molar refractivity (Wildman–Crippen MR) is 61.0 cm³/mol. The molecule has 14 heavy (non-hydrogen) atoms. The molecule has 0 aromatic carbocycles. The van der Waals surface area contributed by atoms with Gasteiger partial charge in [-0.25, -0.2) is 24.3 Å². The van der Waals surface area contributed by atoms with Crippen LogP contribution in [0.5, 0.6) is 0 Å². The Hall–Kier alpha value is 0.350. The molecule has 2 aliphatic rings. The summed E-state index contributed by atoms with van der Waals surface area (Å²) < 4.78 is 0. The smallest absolute Gasteiger partial charge is 0.109 e. The van der Waals surface area contributed by atoms with E-state index in [1.807, 2.05) is 24.3 Å². The first-order chi connectivity index (χ1) is 6.91. The summed E-state index contributed by atoms with van der Waals surface area (Å²) in [6.45, 7) is 0. The minimum Gasteiger partial charge on any atom is -0.273 e. The Balaban J connectivity index is 0.000000183. The zero-order valence-corrected chi connectivity index (χ0v) is 12.4. The van der Waals surface area contributed by atoms with Crippen LogP contribution < -0.4 is 0 Å². The van der Waals surface area contributed by atoms with Crippen LogP contribution in [0.25, 0.3) is 0 Å². The number of hydrogen-bond donors (Lipinski definition) is 0. The summed E-state index contributed by atoms with van der Waals surface area (Å²) in [6.07, 6.45) is 20.6. The molecule has 0 aliphatic heterocycles. The maximum absolute atomic E-state index is 5.25. The SMILES string of the molecule is ClC[SiH]=[Zr+2].[C-]1=CC=CC1.[C-]1=CC=CC1. The van der Waals surface area contributed by atoms with Gasteiger partial charge in [0.25, 0.3) is 0 Å². The second-order valence-corrected chi connectivity index (χ2v) is 7.02. The van der Waals surface area contributed by atoms with E-state index in [1.165, 1.54) is 0 Å². The quantitative estimate of drug-likeness (QED) is 0.397. The number of alkyl halides is 1. The Morgan fingerprint density at radius 2 is 1.57 bits per heavy atom. The van der Waals surface area contributed by atoms with Crippen LogP contribution in [0.2, 0.25) is 0 Å². The van der Waals surface area contributed by atoms with Crippen molar-refractivity contribution in [1.82, 2.24) is 0 Å². The van der Waals surface area contributed by atoms with Gasteiger partial charge in [-0.15, -0.1) is 12.8 Å². The summed E-state index contributed by atoms with van der Waals surface area (Å²) in [5.74, 6) is 0. The monoisotopic (exact) mass is 298 g/mol. The average molecular weight is 300 g/mol. The van der Waals surface area contributed by atoms with Crippen LogP contribution in [0, 0.1) is 12.2 Å². The van der Waals surface area contributed by atoms with Crippen molar-refractivity contribution in [3.8, 4) is 0 Å². The van der Waals surface area contributed by atoms with Crippen LogP contribution in [0.4, 0.5) is 0 Å². The molecule has 0 unspecified atom stereocenters. The van der Waals surface area contributed by atoms with Gasteiger partial charge in [-0.05, 0) is 0 Å². The van der Waals surface area contributed by atoms with Gasteiger partial charge in [-0.3, -0.25) is 12.2 Å². The molecule has 0 saturated carbocycles. The molecule has 0 amide bonds. The van der Waals surface area contributed by atoms with Crippen LogP contribution in [-0.2, 0) is 23.3 Å². The van der Waals surface area contributed by atoms with E-state index in [0.29, 0.717) is 6.16 Å². The van der Waals surface area contributed by atoms with Gasteiger partial charge in [-0.2, -0.15) is 12.2 Å². The van der Waals surface area contributed by atoms with Crippen molar-refractivity contribution in [1.29, 1.82) is 0 Å². The molecule has 0 aromatic rings. The number of rotatable bonds is 1. The molecule has 2 rings (SSSR count). The van der Waals surface area contributed by atoms with Crippen molar-refractivity contribution in [2.75, 3.05) is 5.50 Å². The second-order valence-electron chi connectivity index (χ2n) is 2.36. The molecule has 0 nitrogen and oxygen atoms in total. The van der Waals surface area contributed by atoms with Crippen molar-refractivity contribution >= 4 is 17.8 Å². The number of hydrogen-bond acceptors (Lipinski definition) is 0. The van der Waals surface area contributed by atoms with Crippen LogP contribution in [0.1, 0.15) is 12.8 Å². The first-order valence-corrected chi connectivity index (χ1v) is 10.6. The van der Waals surface area contributed by atoms with E-state index < -0.39 is 0 Å². The van der Waals surface area contributed by atoms with E-state index >= 15 is 0 Å². The fraction of sp³-hybridized carbons (Fsp3) is 0.273. The van der Waals surface area contributed by atoms with Crippen molar-refractivity contribution in [2.24, 2.45) is 0 Å². The van der Waals surface area contributed by atoms with E-state index in [0.717, 1.165) is 18.3 Å². The summed E-state index contributed by atoms with van der Waals surface area (Å²) in [4.78, 5) is 0.